The van der Waals surface area contributed by atoms with Crippen molar-refractivity contribution in [3.63, 3.8) is 0 Å². The lowest BCUT2D eigenvalue weighted by atomic mass is 10.0. The van der Waals surface area contributed by atoms with Crippen molar-refractivity contribution in [2.45, 2.75) is 58.6 Å². The molecule has 18 heavy (non-hydrogen) atoms. The Kier molecular flexibility index (Phi) is 4.76. The molecule has 102 valence electrons. The Hall–Kier alpha value is -0.450. The lowest BCUT2D eigenvalue weighted by Gasteiger charge is -2.19. The van der Waals surface area contributed by atoms with Gasteiger partial charge in [-0.25, -0.2) is 4.98 Å². The summed E-state index contributed by atoms with van der Waals surface area (Å²) in [7, 11) is 0. The average molecular weight is 268 g/mol. The third-order valence-electron chi connectivity index (χ3n) is 3.50. The molecule has 1 aromatic rings. The van der Waals surface area contributed by atoms with Gasteiger partial charge in [0.05, 0.1) is 5.69 Å². The molecule has 2 heterocycles. The molecule has 1 fully saturated rings. The van der Waals surface area contributed by atoms with Gasteiger partial charge in [-0.1, -0.05) is 13.8 Å². The summed E-state index contributed by atoms with van der Waals surface area (Å²) in [4.78, 5) is 6.20. The maximum atomic E-state index is 5.89. The van der Waals surface area contributed by atoms with Crippen LogP contribution in [0.4, 0.5) is 0 Å². The minimum Gasteiger partial charge on any atom is -0.368 e. The molecular weight excluding hydrogens is 244 g/mol. The lowest BCUT2D eigenvalue weighted by Crippen LogP contribution is -2.19. The van der Waals surface area contributed by atoms with Crippen LogP contribution < -0.4 is 5.32 Å². The number of nitrogens with zero attached hydrogens (tertiary/aromatic N) is 1. The molecular formula is C14H24N2OS. The van der Waals surface area contributed by atoms with Crippen molar-refractivity contribution in [2.24, 2.45) is 0 Å². The maximum absolute atomic E-state index is 5.89. The van der Waals surface area contributed by atoms with Gasteiger partial charge in [0, 0.05) is 18.0 Å². The summed E-state index contributed by atoms with van der Waals surface area (Å²) >= 11 is 1.83. The van der Waals surface area contributed by atoms with E-state index in [0.717, 1.165) is 39.0 Å². The summed E-state index contributed by atoms with van der Waals surface area (Å²) in [6.07, 6.45) is 4.44. The summed E-state index contributed by atoms with van der Waals surface area (Å²) in [6, 6.07) is 0. The van der Waals surface area contributed by atoms with Crippen LogP contribution >= 0.6 is 11.3 Å². The van der Waals surface area contributed by atoms with E-state index in [-0.39, 0.29) is 5.60 Å². The van der Waals surface area contributed by atoms with Gasteiger partial charge in [0.1, 0.15) is 10.6 Å². The minimum atomic E-state index is -0.127. The first kappa shape index (κ1) is 14.0. The van der Waals surface area contributed by atoms with Crippen LogP contribution in [0.2, 0.25) is 0 Å². The third kappa shape index (κ3) is 2.92. The number of rotatable bonds is 6. The topological polar surface area (TPSA) is 34.1 Å². The molecule has 0 bridgehead atoms. The zero-order chi connectivity index (χ0) is 13.0. The molecule has 0 amide bonds. The number of aromatic nitrogens is 1. The summed E-state index contributed by atoms with van der Waals surface area (Å²) in [5.41, 5.74) is 1.12. The fraction of sp³-hybridized carbons (Fsp3) is 0.786. The van der Waals surface area contributed by atoms with Crippen molar-refractivity contribution in [3.8, 4) is 0 Å². The molecule has 4 heteroatoms. The van der Waals surface area contributed by atoms with Gasteiger partial charge in [0.15, 0.2) is 0 Å². The van der Waals surface area contributed by atoms with E-state index in [2.05, 4.69) is 26.1 Å². The van der Waals surface area contributed by atoms with Crippen molar-refractivity contribution >= 4 is 11.3 Å². The Labute approximate surface area is 114 Å². The van der Waals surface area contributed by atoms with Gasteiger partial charge in [-0.05, 0) is 39.2 Å². The van der Waals surface area contributed by atoms with E-state index in [1.807, 2.05) is 11.3 Å². The summed E-state index contributed by atoms with van der Waals surface area (Å²) < 4.78 is 5.89. The molecule has 1 saturated heterocycles. The smallest absolute Gasteiger partial charge is 0.125 e. The molecule has 0 aromatic carbocycles. The number of aryl methyl sites for hydroxylation is 1. The van der Waals surface area contributed by atoms with E-state index < -0.39 is 0 Å². The SMILES string of the molecule is CCCNCc1sc(C2(C)CCCO2)nc1CC. The van der Waals surface area contributed by atoms with E-state index in [4.69, 9.17) is 9.72 Å². The van der Waals surface area contributed by atoms with Crippen molar-refractivity contribution < 1.29 is 4.74 Å². The Morgan fingerprint density at radius 2 is 2.28 bits per heavy atom. The maximum Gasteiger partial charge on any atom is 0.125 e. The monoisotopic (exact) mass is 268 g/mol. The van der Waals surface area contributed by atoms with Gasteiger partial charge in [0.2, 0.25) is 0 Å². The fourth-order valence-electron chi connectivity index (χ4n) is 2.35. The summed E-state index contributed by atoms with van der Waals surface area (Å²) in [5, 5.41) is 4.64. The molecule has 1 N–H and O–H groups in total. The molecule has 1 aromatic heterocycles. The fourth-order valence-corrected chi connectivity index (χ4v) is 3.60. The van der Waals surface area contributed by atoms with Gasteiger partial charge in [0.25, 0.3) is 0 Å². The molecule has 0 radical (unpaired) electrons. The molecule has 0 saturated carbocycles. The van der Waals surface area contributed by atoms with Crippen LogP contribution in [0.5, 0.6) is 0 Å². The van der Waals surface area contributed by atoms with E-state index in [1.165, 1.54) is 22.0 Å². The number of hydrogen-bond acceptors (Lipinski definition) is 4. The van der Waals surface area contributed by atoms with E-state index >= 15 is 0 Å². The van der Waals surface area contributed by atoms with Gasteiger partial charge in [-0.15, -0.1) is 11.3 Å². The number of ether oxygens (including phenoxy) is 1. The first-order chi connectivity index (χ1) is 8.69. The van der Waals surface area contributed by atoms with Gasteiger partial charge >= 0.3 is 0 Å². The zero-order valence-corrected chi connectivity index (χ0v) is 12.5. The highest BCUT2D eigenvalue weighted by Gasteiger charge is 2.35. The molecule has 1 unspecified atom stereocenters. The summed E-state index contributed by atoms with van der Waals surface area (Å²) in [6.45, 7) is 9.45. The first-order valence-corrected chi connectivity index (χ1v) is 7.85. The Bertz CT molecular complexity index is 383. The second-order valence-electron chi connectivity index (χ2n) is 5.10. The number of hydrogen-bond donors (Lipinski definition) is 1. The molecule has 0 aliphatic carbocycles. The summed E-state index contributed by atoms with van der Waals surface area (Å²) in [5.74, 6) is 0. The van der Waals surface area contributed by atoms with Crippen molar-refractivity contribution in [3.05, 3.63) is 15.6 Å². The van der Waals surface area contributed by atoms with Crippen LogP contribution in [0.15, 0.2) is 0 Å². The van der Waals surface area contributed by atoms with Crippen LogP contribution in [-0.2, 0) is 23.3 Å². The van der Waals surface area contributed by atoms with E-state index in [0.29, 0.717) is 0 Å². The quantitative estimate of drug-likeness (QED) is 0.804. The molecule has 1 aliphatic heterocycles. The van der Waals surface area contributed by atoms with Crippen molar-refractivity contribution in [1.82, 2.24) is 10.3 Å². The van der Waals surface area contributed by atoms with Crippen LogP contribution in [0.1, 0.15) is 55.6 Å². The van der Waals surface area contributed by atoms with Crippen molar-refractivity contribution in [2.75, 3.05) is 13.2 Å². The molecule has 1 atom stereocenters. The number of nitrogens with one attached hydrogen (secondary N) is 1. The predicted molar refractivity (Wildman–Crippen MR) is 76.0 cm³/mol. The molecule has 0 spiro atoms. The lowest BCUT2D eigenvalue weighted by molar-refractivity contribution is 0.0165. The molecule has 2 rings (SSSR count). The van der Waals surface area contributed by atoms with Crippen LogP contribution in [-0.4, -0.2) is 18.1 Å². The van der Waals surface area contributed by atoms with E-state index in [1.54, 1.807) is 0 Å². The minimum absolute atomic E-state index is 0.127. The second-order valence-corrected chi connectivity index (χ2v) is 6.19. The van der Waals surface area contributed by atoms with Crippen molar-refractivity contribution in [1.29, 1.82) is 0 Å². The Morgan fingerprint density at radius 1 is 1.44 bits per heavy atom. The first-order valence-electron chi connectivity index (χ1n) is 7.03. The average Bonchev–Trinajstić information content (AvgIpc) is 2.97. The van der Waals surface area contributed by atoms with Gasteiger partial charge < -0.3 is 10.1 Å². The normalized spacial score (nSPS) is 23.7. The molecule has 1 aliphatic rings. The molecule has 3 nitrogen and oxygen atoms in total. The highest BCUT2D eigenvalue weighted by Crippen LogP contribution is 2.38. The highest BCUT2D eigenvalue weighted by atomic mass is 32.1. The Balaban J connectivity index is 2.12. The third-order valence-corrected chi connectivity index (χ3v) is 4.84. The highest BCUT2D eigenvalue weighted by molar-refractivity contribution is 7.11. The van der Waals surface area contributed by atoms with E-state index in [9.17, 15) is 0 Å². The van der Waals surface area contributed by atoms with Crippen LogP contribution in [0, 0.1) is 0 Å². The second kappa shape index (κ2) is 6.13. The largest absolute Gasteiger partial charge is 0.368 e. The number of thiazole rings is 1. The predicted octanol–water partition coefficient (Wildman–Crippen LogP) is 3.23. The standard InChI is InChI=1S/C14H24N2OS/c1-4-8-15-10-12-11(5-2)16-13(18-12)14(3)7-6-9-17-14/h15H,4-10H2,1-3H3. The van der Waals surface area contributed by atoms with Crippen LogP contribution in [0.3, 0.4) is 0 Å². The zero-order valence-electron chi connectivity index (χ0n) is 11.7. The van der Waals surface area contributed by atoms with Gasteiger partial charge in [-0.2, -0.15) is 0 Å². The van der Waals surface area contributed by atoms with Crippen LogP contribution in [0.25, 0.3) is 0 Å². The Morgan fingerprint density at radius 3 is 2.89 bits per heavy atom. The van der Waals surface area contributed by atoms with Gasteiger partial charge in [-0.3, -0.25) is 0 Å².